The maximum absolute atomic E-state index is 12.8. The Bertz CT molecular complexity index is 424. The van der Waals surface area contributed by atoms with Crippen molar-refractivity contribution in [3.63, 3.8) is 0 Å². The van der Waals surface area contributed by atoms with Crippen LogP contribution in [-0.4, -0.2) is 49.6 Å². The Morgan fingerprint density at radius 2 is 2.05 bits per heavy atom. The number of nitriles is 1. The monoisotopic (exact) mass is 279 g/mol. The van der Waals surface area contributed by atoms with Gasteiger partial charge >= 0.3 is 0 Å². The summed E-state index contributed by atoms with van der Waals surface area (Å²) in [5, 5.41) is 12.1. The molecule has 1 heterocycles. The van der Waals surface area contributed by atoms with Crippen LogP contribution in [0.5, 0.6) is 0 Å². The van der Waals surface area contributed by atoms with Crippen LogP contribution in [-0.2, 0) is 14.3 Å². The van der Waals surface area contributed by atoms with Gasteiger partial charge < -0.3 is 15.0 Å². The quantitative estimate of drug-likeness (QED) is 0.795. The molecule has 1 N–H and O–H groups in total. The van der Waals surface area contributed by atoms with Gasteiger partial charge in [-0.3, -0.25) is 9.59 Å². The zero-order valence-corrected chi connectivity index (χ0v) is 11.9. The normalized spacial score (nSPS) is 25.6. The van der Waals surface area contributed by atoms with Crippen LogP contribution in [0.25, 0.3) is 0 Å². The number of hydrogen-bond donors (Lipinski definition) is 1. The second kappa shape index (κ2) is 6.23. The molecule has 0 aromatic carbocycles. The van der Waals surface area contributed by atoms with E-state index in [0.29, 0.717) is 26.0 Å². The number of carbonyl (C=O) groups is 2. The van der Waals surface area contributed by atoms with Gasteiger partial charge in [0.25, 0.3) is 0 Å². The molecule has 0 spiro atoms. The molecule has 110 valence electrons. The van der Waals surface area contributed by atoms with E-state index in [1.165, 1.54) is 4.90 Å². The van der Waals surface area contributed by atoms with E-state index in [1.54, 1.807) is 7.05 Å². The SMILES string of the molecule is CNC(=O)C1COCCN1C(=O)C1(C#N)CCCCC1. The maximum atomic E-state index is 12.8. The van der Waals surface area contributed by atoms with E-state index in [0.717, 1.165) is 19.3 Å². The van der Waals surface area contributed by atoms with Gasteiger partial charge in [-0.25, -0.2) is 0 Å². The van der Waals surface area contributed by atoms with Crippen LogP contribution in [0.15, 0.2) is 0 Å². The largest absolute Gasteiger partial charge is 0.377 e. The molecule has 2 rings (SSSR count). The minimum atomic E-state index is -0.943. The zero-order chi connectivity index (χ0) is 14.6. The third kappa shape index (κ3) is 2.63. The highest BCUT2D eigenvalue weighted by atomic mass is 16.5. The van der Waals surface area contributed by atoms with Gasteiger partial charge in [0.1, 0.15) is 11.5 Å². The summed E-state index contributed by atoms with van der Waals surface area (Å²) in [5.41, 5.74) is -0.943. The third-order valence-electron chi connectivity index (χ3n) is 4.27. The first-order chi connectivity index (χ1) is 9.64. The molecule has 1 atom stereocenters. The molecule has 6 heteroatoms. The Balaban J connectivity index is 2.20. The zero-order valence-electron chi connectivity index (χ0n) is 11.9. The Morgan fingerprint density at radius 3 is 2.65 bits per heavy atom. The van der Waals surface area contributed by atoms with Crippen LogP contribution in [0.3, 0.4) is 0 Å². The summed E-state index contributed by atoms with van der Waals surface area (Å²) in [6, 6.07) is 1.61. The molecule has 0 radical (unpaired) electrons. The van der Waals surface area contributed by atoms with E-state index < -0.39 is 11.5 Å². The van der Waals surface area contributed by atoms with Crippen molar-refractivity contribution in [2.45, 2.75) is 38.1 Å². The molecule has 1 aliphatic heterocycles. The van der Waals surface area contributed by atoms with E-state index in [9.17, 15) is 14.9 Å². The summed E-state index contributed by atoms with van der Waals surface area (Å²) in [6.45, 7) is 0.994. The first-order valence-corrected chi connectivity index (χ1v) is 7.16. The lowest BCUT2D eigenvalue weighted by atomic mass is 9.74. The van der Waals surface area contributed by atoms with Crippen molar-refractivity contribution < 1.29 is 14.3 Å². The summed E-state index contributed by atoms with van der Waals surface area (Å²) < 4.78 is 5.30. The molecule has 2 amide bonds. The van der Waals surface area contributed by atoms with Crippen molar-refractivity contribution in [3.05, 3.63) is 0 Å². The molecule has 0 bridgehead atoms. The van der Waals surface area contributed by atoms with Crippen molar-refractivity contribution >= 4 is 11.8 Å². The van der Waals surface area contributed by atoms with Gasteiger partial charge in [0, 0.05) is 13.6 Å². The Labute approximate surface area is 119 Å². The molecule has 1 saturated carbocycles. The van der Waals surface area contributed by atoms with Crippen molar-refractivity contribution in [3.8, 4) is 6.07 Å². The number of ether oxygens (including phenoxy) is 1. The van der Waals surface area contributed by atoms with Gasteiger partial charge in [-0.2, -0.15) is 5.26 Å². The topological polar surface area (TPSA) is 82.4 Å². The average Bonchev–Trinajstić information content (AvgIpc) is 2.54. The highest BCUT2D eigenvalue weighted by molar-refractivity contribution is 5.91. The van der Waals surface area contributed by atoms with Crippen molar-refractivity contribution in [2.24, 2.45) is 5.41 Å². The summed E-state index contributed by atoms with van der Waals surface area (Å²) in [4.78, 5) is 26.2. The van der Waals surface area contributed by atoms with E-state index >= 15 is 0 Å². The lowest BCUT2D eigenvalue weighted by Gasteiger charge is -2.40. The molecule has 1 saturated heterocycles. The molecular weight excluding hydrogens is 258 g/mol. The van der Waals surface area contributed by atoms with Gasteiger partial charge in [-0.1, -0.05) is 19.3 Å². The molecule has 0 aromatic rings. The molecule has 2 aliphatic rings. The molecule has 2 fully saturated rings. The van der Waals surface area contributed by atoms with Gasteiger partial charge in [-0.15, -0.1) is 0 Å². The predicted molar refractivity (Wildman–Crippen MR) is 71.5 cm³/mol. The predicted octanol–water partition coefficient (Wildman–Crippen LogP) is 0.434. The molecule has 1 unspecified atom stereocenters. The summed E-state index contributed by atoms with van der Waals surface area (Å²) in [7, 11) is 1.54. The molecule has 1 aliphatic carbocycles. The number of carbonyl (C=O) groups excluding carboxylic acids is 2. The van der Waals surface area contributed by atoms with Gasteiger partial charge in [-0.05, 0) is 12.8 Å². The smallest absolute Gasteiger partial charge is 0.244 e. The summed E-state index contributed by atoms with van der Waals surface area (Å²) in [5.74, 6) is -0.432. The van der Waals surface area contributed by atoms with E-state index in [4.69, 9.17) is 4.74 Å². The van der Waals surface area contributed by atoms with Crippen molar-refractivity contribution in [2.75, 3.05) is 26.8 Å². The fourth-order valence-electron chi connectivity index (χ4n) is 3.03. The fourth-order valence-corrected chi connectivity index (χ4v) is 3.03. The average molecular weight is 279 g/mol. The van der Waals surface area contributed by atoms with Crippen molar-refractivity contribution in [1.29, 1.82) is 5.26 Å². The maximum Gasteiger partial charge on any atom is 0.244 e. The van der Waals surface area contributed by atoms with Crippen molar-refractivity contribution in [1.82, 2.24) is 10.2 Å². The second-order valence-corrected chi connectivity index (χ2v) is 5.46. The van der Waals surface area contributed by atoms with Crippen LogP contribution in [0.1, 0.15) is 32.1 Å². The van der Waals surface area contributed by atoms with E-state index in [1.807, 2.05) is 0 Å². The summed E-state index contributed by atoms with van der Waals surface area (Å²) in [6.07, 6.45) is 4.06. The van der Waals surface area contributed by atoms with Crippen LogP contribution >= 0.6 is 0 Å². The second-order valence-electron chi connectivity index (χ2n) is 5.46. The number of rotatable bonds is 2. The number of hydrogen-bond acceptors (Lipinski definition) is 4. The molecular formula is C14H21N3O3. The first kappa shape index (κ1) is 14.8. The molecule has 20 heavy (non-hydrogen) atoms. The fraction of sp³-hybridized carbons (Fsp3) is 0.786. The Morgan fingerprint density at radius 1 is 1.35 bits per heavy atom. The van der Waals surface area contributed by atoms with Gasteiger partial charge in [0.05, 0.1) is 19.3 Å². The number of nitrogens with zero attached hydrogens (tertiary/aromatic N) is 2. The lowest BCUT2D eigenvalue weighted by Crippen LogP contribution is -2.59. The van der Waals surface area contributed by atoms with Crippen LogP contribution in [0.4, 0.5) is 0 Å². The number of nitrogens with one attached hydrogen (secondary N) is 1. The lowest BCUT2D eigenvalue weighted by molar-refractivity contribution is -0.155. The van der Waals surface area contributed by atoms with Crippen LogP contribution < -0.4 is 5.32 Å². The molecule has 0 aromatic heterocycles. The number of amides is 2. The Hall–Kier alpha value is -1.61. The number of morpholine rings is 1. The van der Waals surface area contributed by atoms with E-state index in [2.05, 4.69) is 11.4 Å². The molecule has 6 nitrogen and oxygen atoms in total. The van der Waals surface area contributed by atoms with E-state index in [-0.39, 0.29) is 18.4 Å². The first-order valence-electron chi connectivity index (χ1n) is 7.16. The minimum Gasteiger partial charge on any atom is -0.377 e. The van der Waals surface area contributed by atoms with Gasteiger partial charge in [0.15, 0.2) is 0 Å². The highest BCUT2D eigenvalue weighted by Crippen LogP contribution is 2.38. The van der Waals surface area contributed by atoms with Crippen LogP contribution in [0.2, 0.25) is 0 Å². The Kier molecular flexibility index (Phi) is 4.61. The van der Waals surface area contributed by atoms with Crippen LogP contribution in [0, 0.1) is 16.7 Å². The summed E-state index contributed by atoms with van der Waals surface area (Å²) >= 11 is 0. The standard InChI is InChI=1S/C14H21N3O3/c1-16-12(18)11-9-20-8-7-17(11)13(19)14(10-15)5-3-2-4-6-14/h11H,2-9H2,1H3,(H,16,18). The minimum absolute atomic E-state index is 0.198. The number of likely N-dealkylation sites (N-methyl/N-ethyl adjacent to an activating group) is 1. The third-order valence-corrected chi connectivity index (χ3v) is 4.27. The highest BCUT2D eigenvalue weighted by Gasteiger charge is 2.46. The van der Waals surface area contributed by atoms with Gasteiger partial charge in [0.2, 0.25) is 11.8 Å².